The molecule has 1 aromatic heterocycles. The number of H-pyrrole nitrogens is 1. The zero-order valence-corrected chi connectivity index (χ0v) is 7.40. The molecule has 0 atom stereocenters. The first-order valence-corrected chi connectivity index (χ1v) is 3.68. The van der Waals surface area contributed by atoms with E-state index >= 15 is 0 Å². The molecule has 0 aromatic carbocycles. The van der Waals surface area contributed by atoms with Gasteiger partial charge in [0, 0.05) is 7.05 Å². The second-order valence-corrected chi connectivity index (χ2v) is 2.28. The summed E-state index contributed by atoms with van der Waals surface area (Å²) < 4.78 is 0. The van der Waals surface area contributed by atoms with Gasteiger partial charge in [0.1, 0.15) is 5.56 Å². The van der Waals surface area contributed by atoms with Crippen LogP contribution in [0.2, 0.25) is 0 Å². The van der Waals surface area contributed by atoms with Crippen molar-refractivity contribution in [3.63, 3.8) is 0 Å². The summed E-state index contributed by atoms with van der Waals surface area (Å²) in [6.07, 6.45) is 1.08. The molecule has 0 aliphatic rings. The van der Waals surface area contributed by atoms with Gasteiger partial charge in [-0.05, 0) is 0 Å². The molecule has 6 N–H and O–H groups in total. The van der Waals surface area contributed by atoms with Crippen molar-refractivity contribution in [2.24, 2.45) is 10.9 Å². The van der Waals surface area contributed by atoms with E-state index in [2.05, 4.69) is 25.9 Å². The maximum atomic E-state index is 11.3. The van der Waals surface area contributed by atoms with E-state index in [-0.39, 0.29) is 11.4 Å². The fourth-order valence-electron chi connectivity index (χ4n) is 0.881. The van der Waals surface area contributed by atoms with Crippen LogP contribution >= 0.6 is 0 Å². The van der Waals surface area contributed by atoms with Gasteiger partial charge in [0.2, 0.25) is 5.88 Å². The van der Waals surface area contributed by atoms with Crippen molar-refractivity contribution in [2.45, 2.75) is 0 Å². The Hall–Kier alpha value is -2.09. The van der Waals surface area contributed by atoms with Gasteiger partial charge in [-0.3, -0.25) is 4.79 Å². The predicted octanol–water partition coefficient (Wildman–Crippen LogP) is -2.18. The molecule has 1 rings (SSSR count). The Labute approximate surface area is 78.8 Å². The molecule has 0 aliphatic heterocycles. The van der Waals surface area contributed by atoms with E-state index in [0.29, 0.717) is 0 Å². The summed E-state index contributed by atoms with van der Waals surface area (Å²) in [5, 5.41) is 12.6. The molecule has 0 aliphatic carbocycles. The molecule has 0 saturated carbocycles. The van der Waals surface area contributed by atoms with Crippen LogP contribution in [0.15, 0.2) is 16.2 Å². The average Bonchev–Trinajstić information content (AvgIpc) is 2.16. The number of hydrazine groups is 1. The van der Waals surface area contributed by atoms with Crippen molar-refractivity contribution >= 4 is 5.84 Å². The summed E-state index contributed by atoms with van der Waals surface area (Å²) in [4.78, 5) is 17.0. The summed E-state index contributed by atoms with van der Waals surface area (Å²) in [5.74, 6) is 4.58. The highest BCUT2D eigenvalue weighted by atomic mass is 16.3. The standard InChI is InChI=1S/C6H10N6O2/c1-8-12-4(11-7)3-5(13)9-2-10-6(3)14/h2,8H,7H2,1H3,(H,11,12)(H2,9,10,13,14). The number of aromatic amines is 1. The van der Waals surface area contributed by atoms with Gasteiger partial charge in [0.05, 0.1) is 6.33 Å². The third-order valence-electron chi connectivity index (χ3n) is 1.44. The molecular weight excluding hydrogens is 188 g/mol. The van der Waals surface area contributed by atoms with Gasteiger partial charge in [0.15, 0.2) is 5.84 Å². The summed E-state index contributed by atoms with van der Waals surface area (Å²) in [6, 6.07) is 0. The van der Waals surface area contributed by atoms with Crippen LogP contribution in [-0.2, 0) is 0 Å². The molecule has 8 heteroatoms. The van der Waals surface area contributed by atoms with Gasteiger partial charge in [-0.1, -0.05) is 0 Å². The molecule has 0 fully saturated rings. The number of hydrogen-bond acceptors (Lipinski definition) is 6. The lowest BCUT2D eigenvalue weighted by Gasteiger charge is -2.06. The Morgan fingerprint density at radius 3 is 3.00 bits per heavy atom. The third-order valence-corrected chi connectivity index (χ3v) is 1.44. The van der Waals surface area contributed by atoms with Gasteiger partial charge in [-0.2, -0.15) is 5.10 Å². The van der Waals surface area contributed by atoms with E-state index in [1.165, 1.54) is 0 Å². The minimum atomic E-state index is -0.538. The zero-order valence-electron chi connectivity index (χ0n) is 7.40. The van der Waals surface area contributed by atoms with Gasteiger partial charge in [-0.15, -0.1) is 0 Å². The lowest BCUT2D eigenvalue weighted by atomic mass is 10.3. The monoisotopic (exact) mass is 198 g/mol. The normalized spacial score (nSPS) is 11.4. The van der Waals surface area contributed by atoms with E-state index in [1.807, 2.05) is 0 Å². The molecule has 0 spiro atoms. The molecule has 0 bridgehead atoms. The molecular formula is C6H10N6O2. The number of rotatable bonds is 2. The van der Waals surface area contributed by atoms with E-state index in [0.717, 1.165) is 6.33 Å². The fourth-order valence-corrected chi connectivity index (χ4v) is 0.881. The highest BCUT2D eigenvalue weighted by molar-refractivity contribution is 5.99. The lowest BCUT2D eigenvalue weighted by Crippen LogP contribution is -2.39. The molecule has 0 saturated heterocycles. The Balaban J connectivity index is 3.23. The SMILES string of the molecule is CNNC(=NN)c1c(O)nc[nH]c1=O. The van der Waals surface area contributed by atoms with Crippen molar-refractivity contribution in [3.8, 4) is 5.88 Å². The third kappa shape index (κ3) is 1.80. The molecule has 8 nitrogen and oxygen atoms in total. The maximum Gasteiger partial charge on any atom is 0.265 e. The van der Waals surface area contributed by atoms with E-state index in [1.54, 1.807) is 7.05 Å². The minimum Gasteiger partial charge on any atom is -0.493 e. The molecule has 0 radical (unpaired) electrons. The van der Waals surface area contributed by atoms with Crippen molar-refractivity contribution in [1.29, 1.82) is 0 Å². The Morgan fingerprint density at radius 2 is 2.50 bits per heavy atom. The van der Waals surface area contributed by atoms with Crippen molar-refractivity contribution in [2.75, 3.05) is 7.05 Å². The first kappa shape index (κ1) is 9.99. The second kappa shape index (κ2) is 4.23. The van der Waals surface area contributed by atoms with Crippen molar-refractivity contribution in [1.82, 2.24) is 20.8 Å². The zero-order chi connectivity index (χ0) is 10.6. The second-order valence-electron chi connectivity index (χ2n) is 2.28. The molecule has 0 unspecified atom stereocenters. The topological polar surface area (TPSA) is 128 Å². The number of nitrogens with two attached hydrogens (primary N) is 1. The van der Waals surface area contributed by atoms with E-state index < -0.39 is 11.4 Å². The summed E-state index contributed by atoms with van der Waals surface area (Å²) in [7, 11) is 1.56. The Bertz CT molecular complexity index is 398. The minimum absolute atomic E-state index is 0.000602. The number of nitrogens with one attached hydrogen (secondary N) is 3. The van der Waals surface area contributed by atoms with Gasteiger partial charge in [0.25, 0.3) is 5.56 Å². The van der Waals surface area contributed by atoms with Crippen molar-refractivity contribution < 1.29 is 5.11 Å². The maximum absolute atomic E-state index is 11.3. The van der Waals surface area contributed by atoms with Crippen LogP contribution in [0.4, 0.5) is 0 Å². The molecule has 0 amide bonds. The smallest absolute Gasteiger partial charge is 0.265 e. The summed E-state index contributed by atoms with van der Waals surface area (Å²) in [5.41, 5.74) is 4.35. The van der Waals surface area contributed by atoms with Crippen LogP contribution in [0, 0.1) is 0 Å². The number of aromatic hydroxyl groups is 1. The predicted molar refractivity (Wildman–Crippen MR) is 49.4 cm³/mol. The van der Waals surface area contributed by atoms with Crippen LogP contribution in [0.25, 0.3) is 0 Å². The first-order chi connectivity index (χ1) is 6.70. The fraction of sp³-hybridized carbons (Fsp3) is 0.167. The molecule has 1 heterocycles. The summed E-state index contributed by atoms with van der Waals surface area (Å²) >= 11 is 0. The largest absolute Gasteiger partial charge is 0.493 e. The molecule has 76 valence electrons. The number of hydrogen-bond donors (Lipinski definition) is 5. The Morgan fingerprint density at radius 1 is 1.79 bits per heavy atom. The van der Waals surface area contributed by atoms with Crippen LogP contribution in [0.3, 0.4) is 0 Å². The summed E-state index contributed by atoms with van der Waals surface area (Å²) in [6.45, 7) is 0. The van der Waals surface area contributed by atoms with Crippen LogP contribution < -0.4 is 22.3 Å². The van der Waals surface area contributed by atoms with E-state index in [4.69, 9.17) is 5.84 Å². The van der Waals surface area contributed by atoms with Crippen LogP contribution in [-0.4, -0.2) is 28.0 Å². The Kier molecular flexibility index (Phi) is 3.02. The number of nitrogens with zero attached hydrogens (tertiary/aromatic N) is 2. The average molecular weight is 198 g/mol. The number of amidine groups is 1. The first-order valence-electron chi connectivity index (χ1n) is 3.68. The number of aromatic nitrogens is 2. The highest BCUT2D eigenvalue weighted by Gasteiger charge is 2.13. The van der Waals surface area contributed by atoms with Crippen molar-refractivity contribution in [3.05, 3.63) is 22.2 Å². The van der Waals surface area contributed by atoms with Crippen LogP contribution in [0.1, 0.15) is 5.56 Å². The molecule has 1 aromatic rings. The lowest BCUT2D eigenvalue weighted by molar-refractivity contribution is 0.449. The number of hydrazone groups is 1. The molecule has 14 heavy (non-hydrogen) atoms. The van der Waals surface area contributed by atoms with Crippen LogP contribution in [0.5, 0.6) is 5.88 Å². The highest BCUT2D eigenvalue weighted by Crippen LogP contribution is 2.05. The quantitative estimate of drug-likeness (QED) is 0.159. The van der Waals surface area contributed by atoms with Gasteiger partial charge in [-0.25, -0.2) is 10.4 Å². The van der Waals surface area contributed by atoms with Gasteiger partial charge < -0.3 is 21.4 Å². The van der Waals surface area contributed by atoms with Gasteiger partial charge >= 0.3 is 0 Å². The van der Waals surface area contributed by atoms with E-state index in [9.17, 15) is 9.90 Å².